The number of aryl methyl sites for hydroxylation is 1. The van der Waals surface area contributed by atoms with Crippen molar-refractivity contribution in [3.8, 4) is 6.07 Å². The van der Waals surface area contributed by atoms with Gasteiger partial charge in [0.1, 0.15) is 6.07 Å². The fourth-order valence-corrected chi connectivity index (χ4v) is 3.72. The molecule has 23 heavy (non-hydrogen) atoms. The van der Waals surface area contributed by atoms with Crippen molar-refractivity contribution in [2.45, 2.75) is 19.9 Å². The minimum atomic E-state index is 0.530. The fourth-order valence-electron chi connectivity index (χ4n) is 2.77. The third-order valence-corrected chi connectivity index (χ3v) is 5.45. The molecule has 4 nitrogen and oxygen atoms in total. The molecule has 0 amide bonds. The van der Waals surface area contributed by atoms with E-state index >= 15 is 0 Å². The van der Waals surface area contributed by atoms with Gasteiger partial charge >= 0.3 is 0 Å². The number of benzene rings is 1. The number of aromatic nitrogens is 1. The SMILES string of the molecule is CCc1nc(CN2CCN(c3ccc(C#N)c(Cl)c3)CC2)cs1. The number of nitrogens with zero attached hydrogens (tertiary/aromatic N) is 4. The third kappa shape index (κ3) is 3.84. The van der Waals surface area contributed by atoms with Crippen molar-refractivity contribution in [2.75, 3.05) is 31.1 Å². The van der Waals surface area contributed by atoms with Gasteiger partial charge in [0.2, 0.25) is 0 Å². The van der Waals surface area contributed by atoms with Crippen LogP contribution < -0.4 is 4.90 Å². The number of thiazole rings is 1. The molecule has 2 aromatic rings. The maximum absolute atomic E-state index is 8.95. The Morgan fingerprint density at radius 3 is 2.70 bits per heavy atom. The molecular weight excluding hydrogens is 328 g/mol. The molecule has 2 heterocycles. The number of piperazine rings is 1. The number of hydrogen-bond donors (Lipinski definition) is 0. The minimum absolute atomic E-state index is 0.530. The van der Waals surface area contributed by atoms with Crippen molar-refractivity contribution in [1.29, 1.82) is 5.26 Å². The predicted molar refractivity (Wildman–Crippen MR) is 95.1 cm³/mol. The number of nitriles is 1. The van der Waals surface area contributed by atoms with E-state index in [1.54, 1.807) is 17.4 Å². The van der Waals surface area contributed by atoms with E-state index < -0.39 is 0 Å². The molecule has 3 rings (SSSR count). The van der Waals surface area contributed by atoms with Crippen molar-refractivity contribution in [3.63, 3.8) is 0 Å². The van der Waals surface area contributed by atoms with Crippen LogP contribution in [-0.4, -0.2) is 36.1 Å². The van der Waals surface area contributed by atoms with Gasteiger partial charge in [0.25, 0.3) is 0 Å². The Labute approximate surface area is 145 Å². The van der Waals surface area contributed by atoms with E-state index in [0.29, 0.717) is 10.6 Å². The van der Waals surface area contributed by atoms with Gasteiger partial charge in [-0.3, -0.25) is 4.90 Å². The lowest BCUT2D eigenvalue weighted by Gasteiger charge is -2.35. The molecule has 1 aromatic heterocycles. The molecule has 120 valence electrons. The van der Waals surface area contributed by atoms with E-state index in [0.717, 1.165) is 44.8 Å². The number of halogens is 1. The zero-order valence-corrected chi connectivity index (χ0v) is 14.7. The van der Waals surface area contributed by atoms with Crippen LogP contribution in [0, 0.1) is 11.3 Å². The fraction of sp³-hybridized carbons (Fsp3) is 0.412. The summed E-state index contributed by atoms with van der Waals surface area (Å²) in [6, 6.07) is 7.77. The molecule has 0 aliphatic carbocycles. The summed E-state index contributed by atoms with van der Waals surface area (Å²) >= 11 is 7.89. The standard InChI is InChI=1S/C17H19ClN4S/c1-2-17-20-14(12-23-17)11-21-5-7-22(8-6-21)15-4-3-13(10-19)16(18)9-15/h3-4,9,12H,2,5-8,11H2,1H3. The van der Waals surface area contributed by atoms with E-state index in [1.165, 1.54) is 10.7 Å². The second-order valence-electron chi connectivity index (χ2n) is 5.63. The molecule has 6 heteroatoms. The van der Waals surface area contributed by atoms with Gasteiger partial charge < -0.3 is 4.90 Å². The van der Waals surface area contributed by atoms with Crippen molar-refractivity contribution < 1.29 is 0 Å². The summed E-state index contributed by atoms with van der Waals surface area (Å²) in [5, 5.41) is 12.9. The molecule has 0 saturated carbocycles. The molecule has 0 atom stereocenters. The minimum Gasteiger partial charge on any atom is -0.369 e. The number of rotatable bonds is 4. The summed E-state index contributed by atoms with van der Waals surface area (Å²) in [5.74, 6) is 0. The van der Waals surface area contributed by atoms with Crippen molar-refractivity contribution in [3.05, 3.63) is 44.9 Å². The quantitative estimate of drug-likeness (QED) is 0.849. The summed E-state index contributed by atoms with van der Waals surface area (Å²) in [4.78, 5) is 9.41. The van der Waals surface area contributed by atoms with Crippen LogP contribution in [0.2, 0.25) is 5.02 Å². The monoisotopic (exact) mass is 346 g/mol. The topological polar surface area (TPSA) is 43.2 Å². The zero-order valence-electron chi connectivity index (χ0n) is 13.1. The highest BCUT2D eigenvalue weighted by Crippen LogP contribution is 2.24. The van der Waals surface area contributed by atoms with Gasteiger partial charge in [0.05, 0.1) is 21.3 Å². The second-order valence-corrected chi connectivity index (χ2v) is 6.98. The van der Waals surface area contributed by atoms with E-state index in [1.807, 2.05) is 12.1 Å². The van der Waals surface area contributed by atoms with Gasteiger partial charge in [-0.1, -0.05) is 18.5 Å². The summed E-state index contributed by atoms with van der Waals surface area (Å²) in [6.07, 6.45) is 1.01. The maximum atomic E-state index is 8.95. The normalized spacial score (nSPS) is 15.6. The molecule has 1 aliphatic rings. The van der Waals surface area contributed by atoms with E-state index in [-0.39, 0.29) is 0 Å². The maximum Gasteiger partial charge on any atom is 0.101 e. The van der Waals surface area contributed by atoms with Crippen LogP contribution >= 0.6 is 22.9 Å². The lowest BCUT2D eigenvalue weighted by atomic mass is 10.2. The first-order valence-electron chi connectivity index (χ1n) is 7.80. The molecule has 0 N–H and O–H groups in total. The molecule has 1 fully saturated rings. The highest BCUT2D eigenvalue weighted by atomic mass is 35.5. The average Bonchev–Trinajstić information content (AvgIpc) is 3.03. The molecule has 0 spiro atoms. The van der Waals surface area contributed by atoms with Crippen LogP contribution in [0.25, 0.3) is 0 Å². The average molecular weight is 347 g/mol. The van der Waals surface area contributed by atoms with Gasteiger partial charge in [0.15, 0.2) is 0 Å². The highest BCUT2D eigenvalue weighted by Gasteiger charge is 2.18. The van der Waals surface area contributed by atoms with Gasteiger partial charge in [-0.05, 0) is 24.6 Å². The molecule has 1 saturated heterocycles. The van der Waals surface area contributed by atoms with Crippen LogP contribution in [0.5, 0.6) is 0 Å². The van der Waals surface area contributed by atoms with Crippen molar-refractivity contribution >= 4 is 28.6 Å². The van der Waals surface area contributed by atoms with E-state index in [9.17, 15) is 0 Å². The molecule has 0 bridgehead atoms. The van der Waals surface area contributed by atoms with Crippen LogP contribution in [0.15, 0.2) is 23.6 Å². The summed E-state index contributed by atoms with van der Waals surface area (Å²) in [5.41, 5.74) is 2.81. The van der Waals surface area contributed by atoms with Crippen molar-refractivity contribution in [1.82, 2.24) is 9.88 Å². The lowest BCUT2D eigenvalue weighted by molar-refractivity contribution is 0.247. The Balaban J connectivity index is 1.58. The Morgan fingerprint density at radius 2 is 2.09 bits per heavy atom. The second kappa shape index (κ2) is 7.31. The Hall–Kier alpha value is -1.61. The Kier molecular flexibility index (Phi) is 5.16. The summed E-state index contributed by atoms with van der Waals surface area (Å²) in [6.45, 7) is 7.02. The van der Waals surface area contributed by atoms with Crippen LogP contribution in [0.3, 0.4) is 0 Å². The van der Waals surface area contributed by atoms with Crippen LogP contribution in [0.1, 0.15) is 23.2 Å². The van der Waals surface area contributed by atoms with Gasteiger partial charge in [-0.2, -0.15) is 5.26 Å². The van der Waals surface area contributed by atoms with Crippen LogP contribution in [-0.2, 0) is 13.0 Å². The first-order valence-corrected chi connectivity index (χ1v) is 9.05. The number of anilines is 1. The first kappa shape index (κ1) is 16.3. The van der Waals surface area contributed by atoms with Gasteiger partial charge in [-0.15, -0.1) is 11.3 Å². The molecule has 1 aromatic carbocycles. The first-order chi connectivity index (χ1) is 11.2. The summed E-state index contributed by atoms with van der Waals surface area (Å²) in [7, 11) is 0. The summed E-state index contributed by atoms with van der Waals surface area (Å²) < 4.78 is 0. The van der Waals surface area contributed by atoms with Crippen LogP contribution in [0.4, 0.5) is 5.69 Å². The van der Waals surface area contributed by atoms with E-state index in [2.05, 4.69) is 33.2 Å². The Morgan fingerprint density at radius 1 is 1.30 bits per heavy atom. The van der Waals surface area contributed by atoms with Gasteiger partial charge in [0, 0.05) is 43.8 Å². The Bertz CT molecular complexity index is 714. The lowest BCUT2D eigenvalue weighted by Crippen LogP contribution is -2.46. The molecule has 1 aliphatic heterocycles. The van der Waals surface area contributed by atoms with Crippen molar-refractivity contribution in [2.24, 2.45) is 0 Å². The molecule has 0 unspecified atom stereocenters. The molecule has 0 radical (unpaired) electrons. The largest absolute Gasteiger partial charge is 0.369 e. The smallest absolute Gasteiger partial charge is 0.101 e. The molecular formula is C17H19ClN4S. The van der Waals surface area contributed by atoms with E-state index in [4.69, 9.17) is 16.9 Å². The predicted octanol–water partition coefficient (Wildman–Crippen LogP) is 3.55. The third-order valence-electron chi connectivity index (χ3n) is 4.10. The zero-order chi connectivity index (χ0) is 16.2. The number of hydrogen-bond acceptors (Lipinski definition) is 5. The van der Waals surface area contributed by atoms with Gasteiger partial charge in [-0.25, -0.2) is 4.98 Å². The highest BCUT2D eigenvalue weighted by molar-refractivity contribution is 7.09.